The summed E-state index contributed by atoms with van der Waals surface area (Å²) in [4.78, 5) is 50.3. The largest absolute Gasteiger partial charge is 0.481 e. The molecule has 0 spiro atoms. The Morgan fingerprint density at radius 2 is 0.875 bits per heavy atom. The van der Waals surface area contributed by atoms with E-state index in [4.69, 9.17) is 0 Å². The van der Waals surface area contributed by atoms with Crippen LogP contribution < -0.4 is 10.6 Å². The van der Waals surface area contributed by atoms with Gasteiger partial charge in [-0.05, 0) is 101 Å². The lowest BCUT2D eigenvalue weighted by Crippen LogP contribution is -2.68. The van der Waals surface area contributed by atoms with Gasteiger partial charge in [0.15, 0.2) is 0 Å². The molecule has 8 heteroatoms. The van der Waals surface area contributed by atoms with E-state index in [9.17, 15) is 29.4 Å². The smallest absolute Gasteiger partial charge is 0.309 e. The van der Waals surface area contributed by atoms with Gasteiger partial charge in [-0.15, -0.1) is 0 Å². The molecule has 8 atom stereocenters. The molecule has 4 N–H and O–H groups in total. The van der Waals surface area contributed by atoms with Gasteiger partial charge in [0.05, 0.1) is 10.8 Å². The van der Waals surface area contributed by atoms with Crippen LogP contribution in [0.1, 0.15) is 77.0 Å². The number of nitrogens with one attached hydrogen (secondary N) is 2. The van der Waals surface area contributed by atoms with Crippen LogP contribution in [0.25, 0.3) is 0 Å². The molecular weight excluding hydrogens is 412 g/mol. The van der Waals surface area contributed by atoms with Gasteiger partial charge >= 0.3 is 23.8 Å². The second-order valence-corrected chi connectivity index (χ2v) is 12.6. The van der Waals surface area contributed by atoms with Gasteiger partial charge in [0, 0.05) is 11.1 Å². The number of aliphatic carboxylic acids is 2. The Kier molecular flexibility index (Phi) is 4.01. The topological polar surface area (TPSA) is 133 Å². The summed E-state index contributed by atoms with van der Waals surface area (Å²) < 4.78 is 0. The van der Waals surface area contributed by atoms with Crippen molar-refractivity contribution in [3.8, 4) is 0 Å². The minimum Gasteiger partial charge on any atom is -0.481 e. The van der Waals surface area contributed by atoms with E-state index in [-0.39, 0.29) is 23.7 Å². The Bertz CT molecular complexity index is 825. The molecule has 0 aromatic carbocycles. The summed E-state index contributed by atoms with van der Waals surface area (Å²) >= 11 is 0. The first-order valence-corrected chi connectivity index (χ1v) is 12.2. The number of rotatable bonds is 4. The Balaban J connectivity index is 1.19. The molecule has 0 radical (unpaired) electrons. The summed E-state index contributed by atoms with van der Waals surface area (Å²) in [5.74, 6) is -1.78. The lowest BCUT2D eigenvalue weighted by atomic mass is 9.46. The predicted octanol–water partition coefficient (Wildman–Crippen LogP) is 2.07. The summed E-state index contributed by atoms with van der Waals surface area (Å²) in [5, 5.41) is 25.8. The van der Waals surface area contributed by atoms with Crippen molar-refractivity contribution in [1.82, 2.24) is 10.6 Å². The molecule has 0 aliphatic heterocycles. The molecule has 0 saturated heterocycles. The number of carboxylic acids is 2. The van der Waals surface area contributed by atoms with Crippen LogP contribution in [-0.4, -0.2) is 45.0 Å². The summed E-state index contributed by atoms with van der Waals surface area (Å²) in [6.07, 6.45) is 8.50. The van der Waals surface area contributed by atoms with E-state index in [0.29, 0.717) is 38.5 Å². The first-order valence-electron chi connectivity index (χ1n) is 12.2. The van der Waals surface area contributed by atoms with Crippen molar-refractivity contribution in [3.05, 3.63) is 0 Å². The van der Waals surface area contributed by atoms with Crippen LogP contribution in [0, 0.1) is 34.5 Å². The van der Waals surface area contributed by atoms with Gasteiger partial charge in [-0.2, -0.15) is 0 Å². The fourth-order valence-electron chi connectivity index (χ4n) is 9.91. The third kappa shape index (κ3) is 2.86. The van der Waals surface area contributed by atoms with E-state index in [1.165, 1.54) is 0 Å². The van der Waals surface area contributed by atoms with E-state index in [0.717, 1.165) is 38.5 Å². The van der Waals surface area contributed by atoms with Crippen LogP contribution in [0.4, 0.5) is 0 Å². The molecule has 8 saturated carbocycles. The lowest BCUT2D eigenvalue weighted by Gasteiger charge is -2.61. The van der Waals surface area contributed by atoms with Crippen LogP contribution in [0.15, 0.2) is 0 Å². The Labute approximate surface area is 186 Å². The van der Waals surface area contributed by atoms with Gasteiger partial charge in [0.25, 0.3) is 0 Å². The van der Waals surface area contributed by atoms with Crippen LogP contribution in [0.2, 0.25) is 0 Å². The lowest BCUT2D eigenvalue weighted by molar-refractivity contribution is -0.172. The highest BCUT2D eigenvalue weighted by atomic mass is 16.4. The van der Waals surface area contributed by atoms with Crippen LogP contribution >= 0.6 is 0 Å². The van der Waals surface area contributed by atoms with Gasteiger partial charge in [-0.1, -0.05) is 0 Å². The van der Waals surface area contributed by atoms with Gasteiger partial charge in [0.2, 0.25) is 0 Å². The maximum absolute atomic E-state index is 13.1. The van der Waals surface area contributed by atoms with E-state index < -0.39 is 45.7 Å². The van der Waals surface area contributed by atoms with E-state index in [1.54, 1.807) is 0 Å². The molecule has 8 fully saturated rings. The standard InChI is InChI=1S/C24H32N2O6/c27-17(25-23-7-13-1-14(8-23)4-21(3-13,11-23)19(29)30)18(28)26-24-9-15-2-16(10-24)6-22(5-15,12-24)20(31)32/h13-16H,1-12H2,(H,25,27)(H,26,28)(H,29,30)(H,31,32)/t13-,14+,15-,16+,21?,22?,23?,24?. The fraction of sp³-hybridized carbons (Fsp3) is 0.833. The summed E-state index contributed by atoms with van der Waals surface area (Å²) in [6.45, 7) is 0. The molecule has 8 aliphatic rings. The number of amides is 2. The molecule has 8 nitrogen and oxygen atoms in total. The molecule has 8 bridgehead atoms. The monoisotopic (exact) mass is 444 g/mol. The molecule has 174 valence electrons. The average molecular weight is 445 g/mol. The van der Waals surface area contributed by atoms with E-state index in [1.807, 2.05) is 0 Å². The van der Waals surface area contributed by atoms with Gasteiger partial charge in [0.1, 0.15) is 0 Å². The van der Waals surface area contributed by atoms with Crippen molar-refractivity contribution in [2.45, 2.75) is 88.1 Å². The Morgan fingerprint density at radius 1 is 0.562 bits per heavy atom. The van der Waals surface area contributed by atoms with Crippen molar-refractivity contribution >= 4 is 23.8 Å². The van der Waals surface area contributed by atoms with Crippen molar-refractivity contribution in [2.75, 3.05) is 0 Å². The molecule has 0 heterocycles. The Morgan fingerprint density at radius 3 is 1.16 bits per heavy atom. The van der Waals surface area contributed by atoms with Gasteiger partial charge < -0.3 is 20.8 Å². The Hall–Kier alpha value is -2.12. The quantitative estimate of drug-likeness (QED) is 0.491. The zero-order chi connectivity index (χ0) is 22.5. The van der Waals surface area contributed by atoms with Crippen LogP contribution in [0.3, 0.4) is 0 Å². The van der Waals surface area contributed by atoms with Gasteiger partial charge in [-0.3, -0.25) is 19.2 Å². The third-order valence-corrected chi connectivity index (χ3v) is 9.99. The zero-order valence-electron chi connectivity index (χ0n) is 18.3. The zero-order valence-corrected chi connectivity index (χ0v) is 18.3. The first-order chi connectivity index (χ1) is 15.0. The fourth-order valence-corrected chi connectivity index (χ4v) is 9.91. The van der Waals surface area contributed by atoms with Crippen molar-refractivity contribution in [1.29, 1.82) is 0 Å². The van der Waals surface area contributed by atoms with Crippen LogP contribution in [0.5, 0.6) is 0 Å². The van der Waals surface area contributed by atoms with Crippen molar-refractivity contribution in [2.24, 2.45) is 34.5 Å². The third-order valence-electron chi connectivity index (χ3n) is 9.99. The molecule has 8 aliphatic carbocycles. The molecule has 32 heavy (non-hydrogen) atoms. The number of carbonyl (C=O) groups excluding carboxylic acids is 2. The number of carbonyl (C=O) groups is 4. The summed E-state index contributed by atoms with van der Waals surface area (Å²) in [5.41, 5.74) is -2.77. The van der Waals surface area contributed by atoms with E-state index >= 15 is 0 Å². The predicted molar refractivity (Wildman–Crippen MR) is 111 cm³/mol. The van der Waals surface area contributed by atoms with Crippen molar-refractivity contribution in [3.63, 3.8) is 0 Å². The summed E-state index contributed by atoms with van der Waals surface area (Å²) in [6, 6.07) is 0. The maximum atomic E-state index is 13.1. The molecule has 0 aromatic heterocycles. The molecule has 8 rings (SSSR count). The molecule has 0 aromatic rings. The highest BCUT2D eigenvalue weighted by molar-refractivity contribution is 6.35. The number of hydrogen-bond donors (Lipinski definition) is 4. The number of carboxylic acid groups (broad SMARTS) is 2. The second kappa shape index (κ2) is 6.26. The SMILES string of the molecule is O=C(NC12C[C@H]3C[C@@H](C1)CC(C(=O)O)(C3)C2)C(=O)NC12C[C@H]3C[C@@H](C1)CC(C(=O)O)(C3)C2. The highest BCUT2D eigenvalue weighted by Gasteiger charge is 2.63. The van der Waals surface area contributed by atoms with Crippen LogP contribution in [-0.2, 0) is 19.2 Å². The highest BCUT2D eigenvalue weighted by Crippen LogP contribution is 2.63. The molecular formula is C24H32N2O6. The maximum Gasteiger partial charge on any atom is 0.309 e. The second-order valence-electron chi connectivity index (χ2n) is 12.6. The van der Waals surface area contributed by atoms with E-state index in [2.05, 4.69) is 10.6 Å². The minimum absolute atomic E-state index is 0.286. The van der Waals surface area contributed by atoms with Crippen molar-refractivity contribution < 1.29 is 29.4 Å². The van der Waals surface area contributed by atoms with Gasteiger partial charge in [-0.25, -0.2) is 0 Å². The molecule has 4 unspecified atom stereocenters. The number of hydrogen-bond acceptors (Lipinski definition) is 4. The molecule has 2 amide bonds. The minimum atomic E-state index is -0.776. The summed E-state index contributed by atoms with van der Waals surface area (Å²) in [7, 11) is 0. The first kappa shape index (κ1) is 20.5. The normalized spacial score (nSPS) is 49.6. The average Bonchev–Trinajstić information content (AvgIpc) is 2.64.